The number of piperazine rings is 1. The fraction of sp³-hybridized carbons (Fsp3) is 0.476. The molecule has 158 valence electrons. The number of rotatable bonds is 5. The van der Waals surface area contributed by atoms with Crippen LogP contribution in [0.4, 0.5) is 10.8 Å². The van der Waals surface area contributed by atoms with Gasteiger partial charge in [0.1, 0.15) is 0 Å². The van der Waals surface area contributed by atoms with Gasteiger partial charge in [-0.15, -0.1) is 0 Å². The molecule has 8 nitrogen and oxygen atoms in total. The van der Waals surface area contributed by atoms with E-state index in [1.54, 1.807) is 29.3 Å². The Balaban J connectivity index is 1.29. The van der Waals surface area contributed by atoms with Gasteiger partial charge in [-0.3, -0.25) is 9.36 Å². The van der Waals surface area contributed by atoms with E-state index in [0.717, 1.165) is 55.5 Å². The van der Waals surface area contributed by atoms with E-state index in [0.29, 0.717) is 25.1 Å². The highest BCUT2D eigenvalue weighted by molar-refractivity contribution is 7.15. The number of benzene rings is 1. The Kier molecular flexibility index (Phi) is 5.41. The molecule has 0 N–H and O–H groups in total. The maximum Gasteiger partial charge on any atom is 0.261 e. The summed E-state index contributed by atoms with van der Waals surface area (Å²) >= 11 is 1.76. The molecule has 0 amide bonds. The molecule has 0 spiro atoms. The summed E-state index contributed by atoms with van der Waals surface area (Å²) in [6.07, 6.45) is 2.53. The first-order valence-corrected chi connectivity index (χ1v) is 11.1. The van der Waals surface area contributed by atoms with E-state index in [1.165, 1.54) is 10.6 Å². The summed E-state index contributed by atoms with van der Waals surface area (Å²) in [7, 11) is 1.63. The minimum absolute atomic E-state index is 0.0230. The zero-order valence-corrected chi connectivity index (χ0v) is 17.9. The lowest BCUT2D eigenvalue weighted by molar-refractivity contribution is 0.112. The predicted octanol–water partition coefficient (Wildman–Crippen LogP) is 1.90. The molecule has 0 bridgehead atoms. The van der Waals surface area contributed by atoms with Gasteiger partial charge in [0, 0.05) is 45.4 Å². The monoisotopic (exact) mass is 427 g/mol. The topological polar surface area (TPSA) is 72.7 Å². The third-order valence-corrected chi connectivity index (χ3v) is 6.88. The van der Waals surface area contributed by atoms with E-state index < -0.39 is 0 Å². The summed E-state index contributed by atoms with van der Waals surface area (Å²) in [6.45, 7) is 6.16. The van der Waals surface area contributed by atoms with Crippen LogP contribution in [-0.4, -0.2) is 61.0 Å². The lowest BCUT2D eigenvalue weighted by Crippen LogP contribution is -2.46. The minimum atomic E-state index is -0.0230. The second-order valence-corrected chi connectivity index (χ2v) is 8.64. The molecule has 2 aromatic heterocycles. The van der Waals surface area contributed by atoms with Crippen molar-refractivity contribution >= 4 is 33.1 Å². The quantitative estimate of drug-likeness (QED) is 0.616. The van der Waals surface area contributed by atoms with Crippen LogP contribution in [0, 0.1) is 0 Å². The van der Waals surface area contributed by atoms with Crippen molar-refractivity contribution in [3.8, 4) is 0 Å². The van der Waals surface area contributed by atoms with E-state index in [4.69, 9.17) is 14.5 Å². The normalized spacial score (nSPS) is 16.8. The molecular formula is C21H25N5O3S. The van der Waals surface area contributed by atoms with Crippen LogP contribution in [0.25, 0.3) is 10.9 Å². The molecule has 0 saturated carbocycles. The second-order valence-electron chi connectivity index (χ2n) is 7.58. The van der Waals surface area contributed by atoms with Gasteiger partial charge in [0.2, 0.25) is 0 Å². The fourth-order valence-electron chi connectivity index (χ4n) is 4.00. The summed E-state index contributed by atoms with van der Waals surface area (Å²) < 4.78 is 12.2. The molecule has 9 heteroatoms. The van der Waals surface area contributed by atoms with Crippen molar-refractivity contribution in [2.24, 2.45) is 0 Å². The molecule has 2 aliphatic heterocycles. The number of ether oxygens (including phenoxy) is 2. The van der Waals surface area contributed by atoms with Gasteiger partial charge in [-0.05, 0) is 18.2 Å². The standard InChI is InChI=1S/C21H25N5O3S/c1-28-11-9-26-14-22-18-12-15(2-3-16(18)20(26)27)24-5-7-25(8-6-24)21-23-17-4-10-29-13-19(17)30-21/h2-3,12,14H,4-11,13H2,1H3. The van der Waals surface area contributed by atoms with Crippen LogP contribution in [-0.2, 0) is 29.0 Å². The Morgan fingerprint density at radius 3 is 2.83 bits per heavy atom. The molecule has 1 saturated heterocycles. The first-order valence-electron chi connectivity index (χ1n) is 10.3. The number of hydrogen-bond donors (Lipinski definition) is 0. The second kappa shape index (κ2) is 8.33. The molecule has 0 unspecified atom stereocenters. The van der Waals surface area contributed by atoms with Gasteiger partial charge in [0.25, 0.3) is 5.56 Å². The maximum absolute atomic E-state index is 12.6. The number of nitrogens with zero attached hydrogens (tertiary/aromatic N) is 5. The van der Waals surface area contributed by atoms with Crippen LogP contribution in [0.15, 0.2) is 29.3 Å². The number of thiazole rings is 1. The van der Waals surface area contributed by atoms with Crippen LogP contribution >= 0.6 is 11.3 Å². The Labute approximate surface area is 178 Å². The number of fused-ring (bicyclic) bond motifs is 2. The molecule has 4 heterocycles. The van der Waals surface area contributed by atoms with Crippen LogP contribution in [0.2, 0.25) is 0 Å². The summed E-state index contributed by atoms with van der Waals surface area (Å²) in [5.74, 6) is 0. The number of anilines is 2. The summed E-state index contributed by atoms with van der Waals surface area (Å²) in [5.41, 5.74) is 3.03. The molecule has 0 atom stereocenters. The van der Waals surface area contributed by atoms with E-state index in [-0.39, 0.29) is 5.56 Å². The van der Waals surface area contributed by atoms with Crippen LogP contribution in [0.5, 0.6) is 0 Å². The summed E-state index contributed by atoms with van der Waals surface area (Å²) in [5, 5.41) is 1.76. The average molecular weight is 428 g/mol. The first-order chi connectivity index (χ1) is 14.7. The summed E-state index contributed by atoms with van der Waals surface area (Å²) in [4.78, 5) is 28.0. The van der Waals surface area contributed by atoms with Gasteiger partial charge in [-0.25, -0.2) is 9.97 Å². The van der Waals surface area contributed by atoms with Crippen molar-refractivity contribution in [2.75, 3.05) is 56.3 Å². The van der Waals surface area contributed by atoms with Crippen molar-refractivity contribution in [3.05, 3.63) is 45.5 Å². The molecular weight excluding hydrogens is 402 g/mol. The highest BCUT2D eigenvalue weighted by Gasteiger charge is 2.23. The van der Waals surface area contributed by atoms with Gasteiger partial charge in [-0.1, -0.05) is 11.3 Å². The Hall–Kier alpha value is -2.49. The molecule has 0 radical (unpaired) electrons. The van der Waals surface area contributed by atoms with E-state index in [2.05, 4.69) is 14.8 Å². The third kappa shape index (κ3) is 3.68. The number of aromatic nitrogens is 3. The predicted molar refractivity (Wildman–Crippen MR) is 118 cm³/mol. The SMILES string of the molecule is COCCn1cnc2cc(N3CCN(c4nc5c(s4)COCC5)CC3)ccc2c1=O. The van der Waals surface area contributed by atoms with Crippen molar-refractivity contribution in [2.45, 2.75) is 19.6 Å². The van der Waals surface area contributed by atoms with E-state index in [9.17, 15) is 4.79 Å². The zero-order valence-electron chi connectivity index (χ0n) is 17.0. The van der Waals surface area contributed by atoms with Crippen molar-refractivity contribution < 1.29 is 9.47 Å². The fourth-order valence-corrected chi connectivity index (χ4v) is 5.09. The number of methoxy groups -OCH3 is 1. The zero-order chi connectivity index (χ0) is 20.5. The van der Waals surface area contributed by atoms with Gasteiger partial charge < -0.3 is 19.3 Å². The Bertz CT molecular complexity index is 1080. The van der Waals surface area contributed by atoms with Gasteiger partial charge in [0.05, 0.1) is 54.2 Å². The molecule has 1 fully saturated rings. The lowest BCUT2D eigenvalue weighted by atomic mass is 10.2. The molecule has 5 rings (SSSR count). The highest BCUT2D eigenvalue weighted by atomic mass is 32.1. The first kappa shape index (κ1) is 19.5. The van der Waals surface area contributed by atoms with Crippen molar-refractivity contribution in [1.82, 2.24) is 14.5 Å². The van der Waals surface area contributed by atoms with Gasteiger partial charge in [-0.2, -0.15) is 0 Å². The molecule has 30 heavy (non-hydrogen) atoms. The maximum atomic E-state index is 12.6. The molecule has 3 aromatic rings. The van der Waals surface area contributed by atoms with Crippen LogP contribution in [0.3, 0.4) is 0 Å². The smallest absolute Gasteiger partial charge is 0.261 e. The number of hydrogen-bond acceptors (Lipinski definition) is 8. The molecule has 1 aromatic carbocycles. The lowest BCUT2D eigenvalue weighted by Gasteiger charge is -2.36. The molecule has 2 aliphatic rings. The Morgan fingerprint density at radius 1 is 1.20 bits per heavy atom. The average Bonchev–Trinajstić information content (AvgIpc) is 3.23. The van der Waals surface area contributed by atoms with Gasteiger partial charge >= 0.3 is 0 Å². The van der Waals surface area contributed by atoms with Crippen molar-refractivity contribution in [3.63, 3.8) is 0 Å². The van der Waals surface area contributed by atoms with E-state index in [1.807, 2.05) is 18.2 Å². The largest absolute Gasteiger partial charge is 0.383 e. The summed E-state index contributed by atoms with van der Waals surface area (Å²) in [6, 6.07) is 5.94. The highest BCUT2D eigenvalue weighted by Crippen LogP contribution is 2.31. The third-order valence-electron chi connectivity index (χ3n) is 5.74. The van der Waals surface area contributed by atoms with Crippen LogP contribution < -0.4 is 15.4 Å². The minimum Gasteiger partial charge on any atom is -0.383 e. The van der Waals surface area contributed by atoms with Gasteiger partial charge in [0.15, 0.2) is 5.13 Å². The Morgan fingerprint density at radius 2 is 2.03 bits per heavy atom. The van der Waals surface area contributed by atoms with E-state index >= 15 is 0 Å². The van der Waals surface area contributed by atoms with Crippen molar-refractivity contribution in [1.29, 1.82) is 0 Å². The molecule has 0 aliphatic carbocycles. The van der Waals surface area contributed by atoms with Crippen LogP contribution in [0.1, 0.15) is 10.6 Å².